The Kier molecular flexibility index (Phi) is 5.55. The first-order chi connectivity index (χ1) is 15.6. The van der Waals surface area contributed by atoms with Crippen LogP contribution in [0.2, 0.25) is 0 Å². The van der Waals surface area contributed by atoms with Crippen LogP contribution in [-0.4, -0.2) is 62.8 Å². The molecular weight excluding hydrogens is 437 g/mol. The number of likely N-dealkylation sites (tertiary alicyclic amines) is 1. The highest BCUT2D eigenvalue weighted by molar-refractivity contribution is 5.95. The number of nitrogens with two attached hydrogens (primary N) is 1. The molecule has 1 atom stereocenters. The van der Waals surface area contributed by atoms with Gasteiger partial charge >= 0.3 is 6.18 Å². The predicted molar refractivity (Wildman–Crippen MR) is 116 cm³/mol. The summed E-state index contributed by atoms with van der Waals surface area (Å²) < 4.78 is 38.4. The van der Waals surface area contributed by atoms with Gasteiger partial charge in [-0.1, -0.05) is 24.0 Å². The number of amides is 1. The van der Waals surface area contributed by atoms with Crippen LogP contribution in [0.15, 0.2) is 36.7 Å². The molecule has 2 aromatic heterocycles. The van der Waals surface area contributed by atoms with Gasteiger partial charge in [-0.05, 0) is 18.2 Å². The lowest BCUT2D eigenvalue weighted by Crippen LogP contribution is -2.37. The number of alkyl halides is 3. The number of aliphatic hydroxyl groups is 1. The van der Waals surface area contributed by atoms with Gasteiger partial charge in [-0.15, -0.1) is 0 Å². The van der Waals surface area contributed by atoms with Gasteiger partial charge < -0.3 is 21.1 Å². The van der Waals surface area contributed by atoms with Crippen molar-refractivity contribution in [2.24, 2.45) is 0 Å². The Bertz CT molecular complexity index is 1300. The van der Waals surface area contributed by atoms with E-state index in [2.05, 4.69) is 32.1 Å². The maximum Gasteiger partial charge on any atom is 0.405 e. The third-order valence-corrected chi connectivity index (χ3v) is 5.18. The lowest BCUT2D eigenvalue weighted by atomic mass is 10.0. The van der Waals surface area contributed by atoms with Gasteiger partial charge in [0.25, 0.3) is 5.91 Å². The minimum absolute atomic E-state index is 0.0268. The standard InChI is InChI=1S/C22H19F3N6O2/c1-31-8-7-21(33,20(31)32)6-5-13-3-2-4-14(9-13)15-10-16(27-11-22(23,24)25)17-18(30-15)19(26)29-12-28-17/h2-4,9-10,12,33H,7-8,11H2,1H3,(H,27,30)(H2,26,28,29)/t21-/m0/s1. The molecule has 0 bridgehead atoms. The smallest absolute Gasteiger partial charge is 0.382 e. The second kappa shape index (κ2) is 8.22. The number of nitrogen functional groups attached to an aromatic ring is 1. The summed E-state index contributed by atoms with van der Waals surface area (Å²) in [6.07, 6.45) is -3.08. The van der Waals surface area contributed by atoms with Gasteiger partial charge in [-0.2, -0.15) is 13.2 Å². The number of fused-ring (bicyclic) bond motifs is 1. The molecule has 0 aliphatic carbocycles. The number of rotatable bonds is 3. The second-order valence-electron chi connectivity index (χ2n) is 7.65. The van der Waals surface area contributed by atoms with Gasteiger partial charge in [0.15, 0.2) is 5.82 Å². The van der Waals surface area contributed by atoms with Crippen molar-refractivity contribution in [1.29, 1.82) is 0 Å². The molecule has 0 saturated carbocycles. The topological polar surface area (TPSA) is 117 Å². The third-order valence-electron chi connectivity index (χ3n) is 5.18. The fourth-order valence-corrected chi connectivity index (χ4v) is 3.44. The highest BCUT2D eigenvalue weighted by Crippen LogP contribution is 2.30. The maximum absolute atomic E-state index is 12.8. The summed E-state index contributed by atoms with van der Waals surface area (Å²) in [6, 6.07) is 8.17. The molecule has 1 fully saturated rings. The average Bonchev–Trinajstić information content (AvgIpc) is 3.04. The summed E-state index contributed by atoms with van der Waals surface area (Å²) in [5, 5.41) is 12.8. The van der Waals surface area contributed by atoms with Crippen LogP contribution < -0.4 is 11.1 Å². The predicted octanol–water partition coefficient (Wildman–Crippen LogP) is 2.19. The van der Waals surface area contributed by atoms with Crippen molar-refractivity contribution in [2.45, 2.75) is 18.2 Å². The SMILES string of the molecule is CN1CC[C@@](O)(C#Cc2cccc(-c3cc(NCC(F)(F)F)c4ncnc(N)c4n3)c2)C1=O. The highest BCUT2D eigenvalue weighted by Gasteiger charge is 2.42. The Morgan fingerprint density at radius 1 is 1.27 bits per heavy atom. The van der Waals surface area contributed by atoms with Crippen LogP contribution in [0.3, 0.4) is 0 Å². The quantitative estimate of drug-likeness (QED) is 0.517. The number of nitrogens with zero attached hydrogens (tertiary/aromatic N) is 4. The molecule has 4 rings (SSSR count). The lowest BCUT2D eigenvalue weighted by Gasteiger charge is -2.14. The van der Waals surface area contributed by atoms with Crippen LogP contribution in [0.25, 0.3) is 22.3 Å². The number of nitrogens with one attached hydrogen (secondary N) is 1. The number of hydrogen-bond acceptors (Lipinski definition) is 7. The van der Waals surface area contributed by atoms with E-state index in [1.165, 1.54) is 11.0 Å². The molecule has 1 aromatic carbocycles. The number of carbonyl (C=O) groups is 1. The number of likely N-dealkylation sites (N-methyl/N-ethyl adjacent to an activating group) is 1. The average molecular weight is 456 g/mol. The molecule has 1 aliphatic rings. The Labute approximate surface area is 186 Å². The molecule has 3 aromatic rings. The minimum atomic E-state index is -4.43. The van der Waals surface area contributed by atoms with Crippen molar-refractivity contribution >= 4 is 28.4 Å². The molecule has 1 aliphatic heterocycles. The first-order valence-electron chi connectivity index (χ1n) is 9.89. The Morgan fingerprint density at radius 2 is 2.06 bits per heavy atom. The largest absolute Gasteiger partial charge is 0.405 e. The monoisotopic (exact) mass is 456 g/mol. The third kappa shape index (κ3) is 4.65. The van der Waals surface area contributed by atoms with E-state index in [0.29, 0.717) is 23.4 Å². The van der Waals surface area contributed by atoms with Crippen molar-refractivity contribution in [3.8, 4) is 23.1 Å². The van der Waals surface area contributed by atoms with Crippen molar-refractivity contribution in [2.75, 3.05) is 31.2 Å². The molecule has 8 nitrogen and oxygen atoms in total. The zero-order chi connectivity index (χ0) is 23.8. The van der Waals surface area contributed by atoms with Crippen LogP contribution in [0, 0.1) is 11.8 Å². The summed E-state index contributed by atoms with van der Waals surface area (Å²) in [7, 11) is 1.59. The summed E-state index contributed by atoms with van der Waals surface area (Å²) in [6.45, 7) is -0.857. The highest BCUT2D eigenvalue weighted by atomic mass is 19.4. The zero-order valence-electron chi connectivity index (χ0n) is 17.4. The van der Waals surface area contributed by atoms with Gasteiger partial charge in [0.2, 0.25) is 5.60 Å². The van der Waals surface area contributed by atoms with Crippen molar-refractivity contribution in [3.63, 3.8) is 0 Å². The number of pyridine rings is 1. The van der Waals surface area contributed by atoms with Crippen molar-refractivity contribution < 1.29 is 23.1 Å². The Hall–Kier alpha value is -3.91. The van der Waals surface area contributed by atoms with E-state index >= 15 is 0 Å². The minimum Gasteiger partial charge on any atom is -0.382 e. The number of aromatic nitrogens is 3. The van der Waals surface area contributed by atoms with Crippen molar-refractivity contribution in [1.82, 2.24) is 19.9 Å². The zero-order valence-corrected chi connectivity index (χ0v) is 17.4. The first kappa shape index (κ1) is 22.3. The van der Waals surface area contributed by atoms with Gasteiger partial charge in [-0.25, -0.2) is 15.0 Å². The van der Waals surface area contributed by atoms with E-state index in [1.807, 2.05) is 0 Å². The molecule has 1 amide bonds. The van der Waals surface area contributed by atoms with Crippen LogP contribution in [0.4, 0.5) is 24.7 Å². The van der Waals surface area contributed by atoms with Gasteiger partial charge in [0, 0.05) is 31.1 Å². The number of anilines is 2. The molecule has 11 heteroatoms. The fraction of sp³-hybridized carbons (Fsp3) is 0.273. The molecule has 170 valence electrons. The van der Waals surface area contributed by atoms with Gasteiger partial charge in [0.05, 0.1) is 11.4 Å². The van der Waals surface area contributed by atoms with E-state index in [4.69, 9.17) is 5.73 Å². The number of carbonyl (C=O) groups excluding carboxylic acids is 1. The summed E-state index contributed by atoms with van der Waals surface area (Å²) >= 11 is 0. The van der Waals surface area contributed by atoms with Gasteiger partial charge in [-0.3, -0.25) is 4.79 Å². The number of benzene rings is 1. The normalized spacial score (nSPS) is 18.3. The second-order valence-corrected chi connectivity index (χ2v) is 7.65. The summed E-state index contributed by atoms with van der Waals surface area (Å²) in [4.78, 5) is 25.9. The molecule has 0 unspecified atom stereocenters. The first-order valence-corrected chi connectivity index (χ1v) is 9.89. The summed E-state index contributed by atoms with van der Waals surface area (Å²) in [5.74, 6) is 5.01. The molecule has 3 heterocycles. The number of hydrogen-bond donors (Lipinski definition) is 3. The summed E-state index contributed by atoms with van der Waals surface area (Å²) in [5.41, 5.74) is 5.94. The van der Waals surface area contributed by atoms with E-state index in [-0.39, 0.29) is 29.0 Å². The molecule has 1 saturated heterocycles. The van der Waals surface area contributed by atoms with E-state index in [9.17, 15) is 23.1 Å². The lowest BCUT2D eigenvalue weighted by molar-refractivity contribution is -0.137. The van der Waals surface area contributed by atoms with Crippen LogP contribution >= 0.6 is 0 Å². The Morgan fingerprint density at radius 3 is 2.76 bits per heavy atom. The Balaban J connectivity index is 1.73. The molecule has 0 spiro atoms. The maximum atomic E-state index is 12.8. The fourth-order valence-electron chi connectivity index (χ4n) is 3.44. The molecular formula is C22H19F3N6O2. The van der Waals surface area contributed by atoms with E-state index in [1.54, 1.807) is 31.3 Å². The number of halogens is 3. The molecule has 4 N–H and O–H groups in total. The van der Waals surface area contributed by atoms with Crippen molar-refractivity contribution in [3.05, 3.63) is 42.2 Å². The molecule has 0 radical (unpaired) electrons. The van der Waals surface area contributed by atoms with E-state index < -0.39 is 24.2 Å². The van der Waals surface area contributed by atoms with Crippen LogP contribution in [-0.2, 0) is 4.79 Å². The molecule has 33 heavy (non-hydrogen) atoms. The van der Waals surface area contributed by atoms with Crippen LogP contribution in [0.1, 0.15) is 12.0 Å². The van der Waals surface area contributed by atoms with Gasteiger partial charge in [0.1, 0.15) is 23.9 Å². The van der Waals surface area contributed by atoms with E-state index in [0.717, 1.165) is 6.33 Å². The van der Waals surface area contributed by atoms with Crippen LogP contribution in [0.5, 0.6) is 0 Å².